The van der Waals surface area contributed by atoms with Gasteiger partial charge < -0.3 is 15.1 Å². The zero-order valence-electron chi connectivity index (χ0n) is 9.30. The monoisotopic (exact) mass is 210 g/mol. The number of carbonyl (C=O) groups is 1. The van der Waals surface area contributed by atoms with Crippen molar-refractivity contribution in [2.45, 2.75) is 26.8 Å². The molecule has 1 amide bonds. The first-order valence-electron chi connectivity index (χ1n) is 5.24. The molecule has 84 valence electrons. The van der Waals surface area contributed by atoms with E-state index >= 15 is 0 Å². The van der Waals surface area contributed by atoms with Crippen LogP contribution in [-0.4, -0.2) is 19.0 Å². The third-order valence-electron chi connectivity index (χ3n) is 2.16. The van der Waals surface area contributed by atoms with Crippen molar-refractivity contribution in [1.82, 2.24) is 10.6 Å². The Morgan fingerprint density at radius 3 is 2.93 bits per heavy atom. The van der Waals surface area contributed by atoms with E-state index in [1.807, 2.05) is 19.9 Å². The highest BCUT2D eigenvalue weighted by atomic mass is 16.3. The second kappa shape index (κ2) is 6.24. The highest BCUT2D eigenvalue weighted by Crippen LogP contribution is 2.07. The van der Waals surface area contributed by atoms with Gasteiger partial charge in [0.05, 0.1) is 12.8 Å². The molecule has 0 saturated carbocycles. The van der Waals surface area contributed by atoms with Crippen LogP contribution in [-0.2, 0) is 11.3 Å². The fourth-order valence-corrected chi connectivity index (χ4v) is 1.27. The maximum absolute atomic E-state index is 11.1. The molecule has 0 aliphatic heterocycles. The minimum atomic E-state index is 0.0844. The van der Waals surface area contributed by atoms with Gasteiger partial charge in [0.1, 0.15) is 5.76 Å². The summed E-state index contributed by atoms with van der Waals surface area (Å²) in [6, 6.07) is 1.93. The summed E-state index contributed by atoms with van der Waals surface area (Å²) in [5.74, 6) is 1.02. The van der Waals surface area contributed by atoms with E-state index in [1.54, 1.807) is 6.26 Å². The van der Waals surface area contributed by atoms with Gasteiger partial charge in [0.25, 0.3) is 0 Å². The lowest BCUT2D eigenvalue weighted by Gasteiger charge is -2.03. The van der Waals surface area contributed by atoms with Crippen molar-refractivity contribution in [3.63, 3.8) is 0 Å². The fourth-order valence-electron chi connectivity index (χ4n) is 1.27. The first kappa shape index (κ1) is 11.8. The molecular weight excluding hydrogens is 192 g/mol. The molecule has 1 heterocycles. The van der Waals surface area contributed by atoms with Crippen LogP contribution in [0.2, 0.25) is 0 Å². The first-order valence-corrected chi connectivity index (χ1v) is 5.24. The Labute approximate surface area is 90.0 Å². The second-order valence-electron chi connectivity index (χ2n) is 3.41. The van der Waals surface area contributed by atoms with E-state index in [2.05, 4.69) is 10.6 Å². The first-order chi connectivity index (χ1) is 7.24. The topological polar surface area (TPSA) is 54.3 Å². The van der Waals surface area contributed by atoms with Gasteiger partial charge in [-0.1, -0.05) is 0 Å². The molecule has 0 aromatic carbocycles. The number of hydrogen-bond acceptors (Lipinski definition) is 3. The van der Waals surface area contributed by atoms with Crippen LogP contribution in [0.5, 0.6) is 0 Å². The largest absolute Gasteiger partial charge is 0.468 e. The van der Waals surface area contributed by atoms with Gasteiger partial charge in [-0.3, -0.25) is 4.79 Å². The molecule has 15 heavy (non-hydrogen) atoms. The van der Waals surface area contributed by atoms with Gasteiger partial charge in [-0.25, -0.2) is 0 Å². The molecule has 0 unspecified atom stereocenters. The van der Waals surface area contributed by atoms with Gasteiger partial charge >= 0.3 is 0 Å². The normalized spacial score (nSPS) is 10.3. The average Bonchev–Trinajstić information content (AvgIpc) is 2.60. The lowest BCUT2D eigenvalue weighted by atomic mass is 10.3. The predicted octanol–water partition coefficient (Wildman–Crippen LogP) is 1.20. The maximum atomic E-state index is 11.1. The lowest BCUT2D eigenvalue weighted by molar-refractivity contribution is -0.120. The van der Waals surface area contributed by atoms with E-state index in [1.165, 1.54) is 0 Å². The molecule has 0 aliphatic carbocycles. The Morgan fingerprint density at radius 1 is 1.53 bits per heavy atom. The van der Waals surface area contributed by atoms with E-state index in [9.17, 15) is 4.79 Å². The van der Waals surface area contributed by atoms with Crippen LogP contribution in [0.15, 0.2) is 16.7 Å². The smallest absolute Gasteiger partial charge is 0.221 e. The number of nitrogens with one attached hydrogen (secondary N) is 2. The molecular formula is C11H18N2O2. The summed E-state index contributed by atoms with van der Waals surface area (Å²) in [6.07, 6.45) is 2.18. The van der Waals surface area contributed by atoms with Crippen LogP contribution >= 0.6 is 0 Å². The SMILES string of the molecule is CCNC(=O)CCNCc1occc1C. The minimum Gasteiger partial charge on any atom is -0.468 e. The van der Waals surface area contributed by atoms with Crippen molar-refractivity contribution in [1.29, 1.82) is 0 Å². The quantitative estimate of drug-likeness (QED) is 0.694. The third-order valence-corrected chi connectivity index (χ3v) is 2.16. The Kier molecular flexibility index (Phi) is 4.90. The van der Waals surface area contributed by atoms with Gasteiger partial charge in [-0.2, -0.15) is 0 Å². The summed E-state index contributed by atoms with van der Waals surface area (Å²) in [7, 11) is 0. The van der Waals surface area contributed by atoms with Crippen molar-refractivity contribution < 1.29 is 9.21 Å². The van der Waals surface area contributed by atoms with Crippen molar-refractivity contribution in [2.24, 2.45) is 0 Å². The average molecular weight is 210 g/mol. The highest BCUT2D eigenvalue weighted by molar-refractivity contribution is 5.75. The Balaban J connectivity index is 2.12. The van der Waals surface area contributed by atoms with Crippen LogP contribution in [0.25, 0.3) is 0 Å². The lowest BCUT2D eigenvalue weighted by Crippen LogP contribution is -2.27. The summed E-state index contributed by atoms with van der Waals surface area (Å²) >= 11 is 0. The molecule has 4 nitrogen and oxygen atoms in total. The highest BCUT2D eigenvalue weighted by Gasteiger charge is 2.02. The Bertz CT molecular complexity index is 307. The molecule has 2 N–H and O–H groups in total. The fraction of sp³-hybridized carbons (Fsp3) is 0.545. The summed E-state index contributed by atoms with van der Waals surface area (Å²) < 4.78 is 5.26. The molecule has 1 aromatic heterocycles. The van der Waals surface area contributed by atoms with Gasteiger partial charge in [-0.15, -0.1) is 0 Å². The van der Waals surface area contributed by atoms with E-state index in [0.717, 1.165) is 11.3 Å². The molecule has 1 aromatic rings. The zero-order valence-corrected chi connectivity index (χ0v) is 9.30. The molecule has 0 saturated heterocycles. The van der Waals surface area contributed by atoms with Crippen LogP contribution < -0.4 is 10.6 Å². The molecule has 0 aliphatic rings. The van der Waals surface area contributed by atoms with Gasteiger partial charge in [0.2, 0.25) is 5.91 Å². The summed E-state index contributed by atoms with van der Waals surface area (Å²) in [5, 5.41) is 5.91. The third kappa shape index (κ3) is 4.16. The number of furan rings is 1. The molecule has 0 bridgehead atoms. The van der Waals surface area contributed by atoms with E-state index < -0.39 is 0 Å². The van der Waals surface area contributed by atoms with Crippen LogP contribution in [0.3, 0.4) is 0 Å². The van der Waals surface area contributed by atoms with Crippen LogP contribution in [0.4, 0.5) is 0 Å². The molecule has 0 fully saturated rings. The van der Waals surface area contributed by atoms with Crippen molar-refractivity contribution in [3.8, 4) is 0 Å². The summed E-state index contributed by atoms with van der Waals surface area (Å²) in [4.78, 5) is 11.1. The van der Waals surface area contributed by atoms with Gasteiger partial charge in [-0.05, 0) is 25.5 Å². The summed E-state index contributed by atoms with van der Waals surface area (Å²) in [5.41, 5.74) is 1.14. The molecule has 0 radical (unpaired) electrons. The number of amides is 1. The van der Waals surface area contributed by atoms with E-state index in [4.69, 9.17) is 4.42 Å². The molecule has 0 spiro atoms. The maximum Gasteiger partial charge on any atom is 0.221 e. The van der Waals surface area contributed by atoms with Crippen LogP contribution in [0, 0.1) is 6.92 Å². The molecule has 0 atom stereocenters. The van der Waals surface area contributed by atoms with Crippen molar-refractivity contribution >= 4 is 5.91 Å². The predicted molar refractivity (Wildman–Crippen MR) is 58.5 cm³/mol. The van der Waals surface area contributed by atoms with Gasteiger partial charge in [0, 0.05) is 19.5 Å². The molecule has 4 heteroatoms. The van der Waals surface area contributed by atoms with Crippen LogP contribution in [0.1, 0.15) is 24.7 Å². The Morgan fingerprint density at radius 2 is 2.33 bits per heavy atom. The number of carbonyl (C=O) groups excluding carboxylic acids is 1. The van der Waals surface area contributed by atoms with Crippen molar-refractivity contribution in [3.05, 3.63) is 23.7 Å². The second-order valence-corrected chi connectivity index (χ2v) is 3.41. The standard InChI is InChI=1S/C11H18N2O2/c1-3-13-11(14)4-6-12-8-10-9(2)5-7-15-10/h5,7,12H,3-4,6,8H2,1-2H3,(H,13,14). The molecule has 1 rings (SSSR count). The van der Waals surface area contributed by atoms with E-state index in [-0.39, 0.29) is 5.91 Å². The zero-order chi connectivity index (χ0) is 11.1. The number of rotatable bonds is 6. The van der Waals surface area contributed by atoms with Gasteiger partial charge in [0.15, 0.2) is 0 Å². The van der Waals surface area contributed by atoms with Crippen molar-refractivity contribution in [2.75, 3.05) is 13.1 Å². The number of aryl methyl sites for hydroxylation is 1. The summed E-state index contributed by atoms with van der Waals surface area (Å²) in [6.45, 7) is 5.96. The number of hydrogen-bond donors (Lipinski definition) is 2. The van der Waals surface area contributed by atoms with E-state index in [0.29, 0.717) is 26.1 Å². The minimum absolute atomic E-state index is 0.0844. The Hall–Kier alpha value is -1.29.